The van der Waals surface area contributed by atoms with Crippen molar-refractivity contribution in [1.82, 2.24) is 25.0 Å². The number of aliphatic imine (C=N–C) groups is 1. The van der Waals surface area contributed by atoms with Crippen molar-refractivity contribution in [2.45, 2.75) is 58.7 Å². The molecule has 0 radical (unpaired) electrons. The number of aryl methyl sites for hydroxylation is 1. The maximum Gasteiger partial charge on any atom is 0.311 e. The second kappa shape index (κ2) is 8.53. The van der Waals surface area contributed by atoms with E-state index in [-0.39, 0.29) is 35.9 Å². The molecule has 2 aliphatic heterocycles. The van der Waals surface area contributed by atoms with E-state index in [0.29, 0.717) is 13.1 Å². The van der Waals surface area contributed by atoms with Crippen molar-refractivity contribution < 1.29 is 9.53 Å². The summed E-state index contributed by atoms with van der Waals surface area (Å²) in [5.74, 6) is 2.58. The summed E-state index contributed by atoms with van der Waals surface area (Å²) in [4.78, 5) is 18.7. The highest BCUT2D eigenvalue weighted by Crippen LogP contribution is 2.21. The van der Waals surface area contributed by atoms with Crippen LogP contribution in [0.5, 0.6) is 0 Å². The van der Waals surface area contributed by atoms with Gasteiger partial charge >= 0.3 is 5.97 Å². The zero-order valence-corrected chi connectivity index (χ0v) is 18.3. The molecule has 0 bridgehead atoms. The van der Waals surface area contributed by atoms with Gasteiger partial charge in [-0.25, -0.2) is 0 Å². The molecule has 146 valence electrons. The Morgan fingerprint density at radius 1 is 1.35 bits per heavy atom. The third kappa shape index (κ3) is 4.86. The second-order valence-electron chi connectivity index (χ2n) is 7.65. The minimum atomic E-state index is -0.446. The Kier molecular flexibility index (Phi) is 6.86. The number of fused-ring (bicyclic) bond motifs is 1. The number of carbonyl (C=O) groups excluding carboxylic acids is 1. The van der Waals surface area contributed by atoms with Crippen LogP contribution in [0.15, 0.2) is 4.99 Å². The van der Waals surface area contributed by atoms with Gasteiger partial charge in [-0.05, 0) is 33.6 Å². The van der Waals surface area contributed by atoms with E-state index in [0.717, 1.165) is 50.0 Å². The summed E-state index contributed by atoms with van der Waals surface area (Å²) in [6, 6.07) is 0. The summed E-state index contributed by atoms with van der Waals surface area (Å²) >= 11 is 0. The van der Waals surface area contributed by atoms with Crippen LogP contribution in [-0.2, 0) is 29.0 Å². The van der Waals surface area contributed by atoms with Crippen LogP contribution in [0.4, 0.5) is 0 Å². The number of ether oxygens (including phenoxy) is 1. The van der Waals surface area contributed by atoms with Gasteiger partial charge in [-0.15, -0.1) is 34.2 Å². The molecule has 1 saturated heterocycles. The lowest BCUT2D eigenvalue weighted by molar-refractivity contribution is -0.159. The zero-order valence-electron chi connectivity index (χ0n) is 16.0. The molecular weight excluding hydrogens is 447 g/mol. The van der Waals surface area contributed by atoms with Crippen molar-refractivity contribution in [2.75, 3.05) is 20.1 Å². The molecule has 1 aromatic heterocycles. The number of nitrogens with one attached hydrogen (secondary N) is 1. The number of hydrogen-bond donors (Lipinski definition) is 1. The molecule has 1 fully saturated rings. The number of likely N-dealkylation sites (tertiary alicyclic amines) is 1. The van der Waals surface area contributed by atoms with Crippen LogP contribution >= 0.6 is 24.0 Å². The quantitative estimate of drug-likeness (QED) is 0.309. The highest BCUT2D eigenvalue weighted by atomic mass is 127. The van der Waals surface area contributed by atoms with E-state index >= 15 is 0 Å². The highest BCUT2D eigenvalue weighted by molar-refractivity contribution is 14.0. The van der Waals surface area contributed by atoms with E-state index in [1.165, 1.54) is 0 Å². The molecule has 0 spiro atoms. The SMILES string of the molecule is CN=C(NCc1nnc2n1CCC2)N1CCC(C(=O)OC(C)(C)C)C1.I. The number of nitrogens with zero attached hydrogens (tertiary/aromatic N) is 5. The van der Waals surface area contributed by atoms with E-state index in [4.69, 9.17) is 4.74 Å². The Morgan fingerprint density at radius 3 is 2.81 bits per heavy atom. The topological polar surface area (TPSA) is 84.6 Å². The number of carbonyl (C=O) groups is 1. The van der Waals surface area contributed by atoms with Gasteiger partial charge in [0.2, 0.25) is 0 Å². The van der Waals surface area contributed by atoms with Gasteiger partial charge in [0.05, 0.1) is 12.5 Å². The van der Waals surface area contributed by atoms with Crippen LogP contribution < -0.4 is 5.32 Å². The van der Waals surface area contributed by atoms with Crippen molar-refractivity contribution in [3.05, 3.63) is 11.6 Å². The first-order valence-corrected chi connectivity index (χ1v) is 8.97. The standard InChI is InChI=1S/C17H28N6O2.HI/c1-17(2,3)25-15(24)12-7-9-22(11-12)16(18-4)19-10-14-21-20-13-6-5-8-23(13)14;/h12H,5-11H2,1-4H3,(H,18,19);1H. The van der Waals surface area contributed by atoms with Crippen LogP contribution in [0, 0.1) is 5.92 Å². The lowest BCUT2D eigenvalue weighted by Gasteiger charge is -2.23. The first-order chi connectivity index (χ1) is 11.9. The molecule has 9 heteroatoms. The average molecular weight is 476 g/mol. The molecule has 1 atom stereocenters. The molecule has 0 aromatic carbocycles. The number of halogens is 1. The Morgan fingerprint density at radius 2 is 2.12 bits per heavy atom. The molecule has 2 aliphatic rings. The molecule has 1 N–H and O–H groups in total. The lowest BCUT2D eigenvalue weighted by atomic mass is 10.1. The Balaban J connectivity index is 0.00000243. The fourth-order valence-electron chi connectivity index (χ4n) is 3.36. The minimum absolute atomic E-state index is 0. The first-order valence-electron chi connectivity index (χ1n) is 8.97. The molecule has 8 nitrogen and oxygen atoms in total. The fourth-order valence-corrected chi connectivity index (χ4v) is 3.36. The first kappa shape index (κ1) is 20.9. The maximum absolute atomic E-state index is 12.3. The van der Waals surface area contributed by atoms with Gasteiger partial charge in [-0.2, -0.15) is 0 Å². The molecule has 3 rings (SSSR count). The van der Waals surface area contributed by atoms with Crippen LogP contribution in [0.3, 0.4) is 0 Å². The van der Waals surface area contributed by atoms with Crippen molar-refractivity contribution in [3.8, 4) is 0 Å². The zero-order chi connectivity index (χ0) is 18.0. The molecular formula is C17H29IN6O2. The summed E-state index contributed by atoms with van der Waals surface area (Å²) in [6.07, 6.45) is 2.93. The van der Waals surface area contributed by atoms with Gasteiger partial charge in [0, 0.05) is 33.1 Å². The van der Waals surface area contributed by atoms with Crippen molar-refractivity contribution in [1.29, 1.82) is 0 Å². The molecule has 0 saturated carbocycles. The summed E-state index contributed by atoms with van der Waals surface area (Å²) in [5.41, 5.74) is -0.446. The fraction of sp³-hybridized carbons (Fsp3) is 0.765. The smallest absolute Gasteiger partial charge is 0.311 e. The summed E-state index contributed by atoms with van der Waals surface area (Å²) < 4.78 is 7.68. The van der Waals surface area contributed by atoms with E-state index in [2.05, 4.69) is 30.0 Å². The lowest BCUT2D eigenvalue weighted by Crippen LogP contribution is -2.41. The van der Waals surface area contributed by atoms with E-state index in [1.807, 2.05) is 20.8 Å². The predicted octanol–water partition coefficient (Wildman–Crippen LogP) is 1.58. The second-order valence-corrected chi connectivity index (χ2v) is 7.65. The number of guanidine groups is 1. The minimum Gasteiger partial charge on any atom is -0.460 e. The summed E-state index contributed by atoms with van der Waals surface area (Å²) in [6.45, 7) is 8.70. The largest absolute Gasteiger partial charge is 0.460 e. The van der Waals surface area contributed by atoms with Crippen LogP contribution in [0.2, 0.25) is 0 Å². The summed E-state index contributed by atoms with van der Waals surface area (Å²) in [5, 5.41) is 11.8. The number of rotatable bonds is 3. The van der Waals surface area contributed by atoms with Gasteiger partial charge in [-0.1, -0.05) is 0 Å². The van der Waals surface area contributed by atoms with E-state index < -0.39 is 5.60 Å². The molecule has 26 heavy (non-hydrogen) atoms. The third-order valence-corrected chi connectivity index (χ3v) is 4.53. The van der Waals surface area contributed by atoms with Gasteiger partial charge in [-0.3, -0.25) is 9.79 Å². The molecule has 1 aromatic rings. The van der Waals surface area contributed by atoms with Gasteiger partial charge in [0.25, 0.3) is 0 Å². The molecule has 1 unspecified atom stereocenters. The highest BCUT2D eigenvalue weighted by Gasteiger charge is 2.33. The Bertz CT molecular complexity index is 667. The van der Waals surface area contributed by atoms with Crippen LogP contribution in [0.1, 0.15) is 45.3 Å². The molecule has 0 aliphatic carbocycles. The summed E-state index contributed by atoms with van der Waals surface area (Å²) in [7, 11) is 1.76. The van der Waals surface area contributed by atoms with Gasteiger partial charge < -0.3 is 19.5 Å². The third-order valence-electron chi connectivity index (χ3n) is 4.53. The van der Waals surface area contributed by atoms with Crippen molar-refractivity contribution >= 4 is 35.9 Å². The maximum atomic E-state index is 12.3. The van der Waals surface area contributed by atoms with Crippen LogP contribution in [-0.4, -0.2) is 57.3 Å². The van der Waals surface area contributed by atoms with E-state index in [1.54, 1.807) is 7.05 Å². The number of hydrogen-bond acceptors (Lipinski definition) is 5. The van der Waals surface area contributed by atoms with E-state index in [9.17, 15) is 4.79 Å². The van der Waals surface area contributed by atoms with Crippen LogP contribution in [0.25, 0.3) is 0 Å². The normalized spacial score (nSPS) is 19.9. The van der Waals surface area contributed by atoms with Crippen molar-refractivity contribution in [3.63, 3.8) is 0 Å². The van der Waals surface area contributed by atoms with Gasteiger partial charge in [0.1, 0.15) is 11.4 Å². The Labute approximate surface area is 171 Å². The van der Waals surface area contributed by atoms with Crippen molar-refractivity contribution in [2.24, 2.45) is 10.9 Å². The average Bonchev–Trinajstić information content (AvgIpc) is 3.23. The Hall–Kier alpha value is -1.39. The molecule has 0 amide bonds. The van der Waals surface area contributed by atoms with Gasteiger partial charge in [0.15, 0.2) is 11.8 Å². The number of esters is 1. The predicted molar refractivity (Wildman–Crippen MR) is 109 cm³/mol. The number of aromatic nitrogens is 3. The molecule has 3 heterocycles. The monoisotopic (exact) mass is 476 g/mol.